The van der Waals surface area contributed by atoms with Crippen LogP contribution in [-0.4, -0.2) is 35.8 Å². The quantitative estimate of drug-likeness (QED) is 0.683. The number of amides is 2. The highest BCUT2D eigenvalue weighted by Gasteiger charge is 2.29. The maximum atomic E-state index is 11.7. The third-order valence-electron chi connectivity index (χ3n) is 2.90. The van der Waals surface area contributed by atoms with Crippen LogP contribution in [-0.2, 0) is 9.59 Å². The van der Waals surface area contributed by atoms with Crippen molar-refractivity contribution in [3.8, 4) is 0 Å². The molecule has 1 fully saturated rings. The average Bonchev–Trinajstić information content (AvgIpc) is 2.16. The van der Waals surface area contributed by atoms with Crippen LogP contribution < -0.4 is 11.5 Å². The van der Waals surface area contributed by atoms with Gasteiger partial charge in [-0.25, -0.2) is 0 Å². The Morgan fingerprint density at radius 2 is 2.06 bits per heavy atom. The zero-order chi connectivity index (χ0) is 11.4. The number of hydrogen-bond donors (Lipinski definition) is 2. The molecule has 2 unspecified atom stereocenters. The standard InChI is InChI=1S/C10H19N3O2.ClH/c1-7-2-3-13(8(4-7)6-11)10(15)5-9(12)14;/h7-8H,2-6,11H2,1H3,(H2,12,14);1H. The normalized spacial score (nSPS) is 24.8. The maximum Gasteiger partial charge on any atom is 0.232 e. The van der Waals surface area contributed by atoms with E-state index in [0.717, 1.165) is 12.8 Å². The van der Waals surface area contributed by atoms with Crippen molar-refractivity contribution >= 4 is 24.2 Å². The number of halogens is 1. The number of nitrogens with two attached hydrogens (primary N) is 2. The van der Waals surface area contributed by atoms with E-state index >= 15 is 0 Å². The molecule has 0 aromatic heterocycles. The Labute approximate surface area is 102 Å². The number of carbonyl (C=O) groups excluding carboxylic acids is 2. The number of hydrogen-bond acceptors (Lipinski definition) is 3. The van der Waals surface area contributed by atoms with Gasteiger partial charge in [0, 0.05) is 19.1 Å². The minimum absolute atomic E-state index is 0. The van der Waals surface area contributed by atoms with Gasteiger partial charge in [-0.3, -0.25) is 9.59 Å². The molecule has 4 N–H and O–H groups in total. The van der Waals surface area contributed by atoms with Gasteiger partial charge in [-0.2, -0.15) is 0 Å². The molecular formula is C10H20ClN3O2. The number of primary amides is 1. The van der Waals surface area contributed by atoms with Crippen LogP contribution in [0.15, 0.2) is 0 Å². The molecule has 1 aliphatic rings. The van der Waals surface area contributed by atoms with Crippen molar-refractivity contribution in [3.05, 3.63) is 0 Å². The molecule has 2 atom stereocenters. The number of carbonyl (C=O) groups is 2. The number of nitrogens with zero attached hydrogens (tertiary/aromatic N) is 1. The van der Waals surface area contributed by atoms with Gasteiger partial charge in [-0.15, -0.1) is 12.4 Å². The Kier molecular flexibility index (Phi) is 6.36. The van der Waals surface area contributed by atoms with E-state index in [-0.39, 0.29) is 30.8 Å². The van der Waals surface area contributed by atoms with Gasteiger partial charge in [0.05, 0.1) is 0 Å². The van der Waals surface area contributed by atoms with Crippen LogP contribution in [0.25, 0.3) is 0 Å². The lowest BCUT2D eigenvalue weighted by atomic mass is 9.92. The monoisotopic (exact) mass is 249 g/mol. The van der Waals surface area contributed by atoms with Gasteiger partial charge in [-0.05, 0) is 18.8 Å². The summed E-state index contributed by atoms with van der Waals surface area (Å²) in [5, 5.41) is 0. The summed E-state index contributed by atoms with van der Waals surface area (Å²) < 4.78 is 0. The summed E-state index contributed by atoms with van der Waals surface area (Å²) in [5.41, 5.74) is 10.6. The maximum absolute atomic E-state index is 11.7. The van der Waals surface area contributed by atoms with Crippen molar-refractivity contribution in [3.63, 3.8) is 0 Å². The van der Waals surface area contributed by atoms with E-state index in [9.17, 15) is 9.59 Å². The largest absolute Gasteiger partial charge is 0.369 e. The highest BCUT2D eigenvalue weighted by atomic mass is 35.5. The zero-order valence-electron chi connectivity index (χ0n) is 9.52. The molecule has 1 aliphatic heterocycles. The van der Waals surface area contributed by atoms with E-state index in [0.29, 0.717) is 19.0 Å². The van der Waals surface area contributed by atoms with E-state index in [1.807, 2.05) is 0 Å². The molecule has 1 rings (SSSR count). The van der Waals surface area contributed by atoms with E-state index in [2.05, 4.69) is 6.92 Å². The molecule has 6 heteroatoms. The smallest absolute Gasteiger partial charge is 0.232 e. The van der Waals surface area contributed by atoms with Crippen molar-refractivity contribution in [2.75, 3.05) is 13.1 Å². The molecule has 0 spiro atoms. The fourth-order valence-corrected chi connectivity index (χ4v) is 2.05. The first-order valence-corrected chi connectivity index (χ1v) is 5.32. The Morgan fingerprint density at radius 3 is 2.56 bits per heavy atom. The second kappa shape index (κ2) is 6.70. The molecule has 1 saturated heterocycles. The summed E-state index contributed by atoms with van der Waals surface area (Å²) in [4.78, 5) is 24.0. The van der Waals surface area contributed by atoms with Crippen molar-refractivity contribution in [2.45, 2.75) is 32.2 Å². The molecule has 5 nitrogen and oxygen atoms in total. The molecule has 1 heterocycles. The van der Waals surface area contributed by atoms with Crippen LogP contribution in [0.3, 0.4) is 0 Å². The van der Waals surface area contributed by atoms with Crippen LogP contribution in [0.5, 0.6) is 0 Å². The van der Waals surface area contributed by atoms with Crippen molar-refractivity contribution in [2.24, 2.45) is 17.4 Å². The lowest BCUT2D eigenvalue weighted by Gasteiger charge is -2.37. The van der Waals surface area contributed by atoms with Crippen LogP contribution in [0.4, 0.5) is 0 Å². The Balaban J connectivity index is 0.00000225. The molecule has 0 bridgehead atoms. The van der Waals surface area contributed by atoms with Crippen LogP contribution >= 0.6 is 12.4 Å². The SMILES string of the molecule is CC1CCN(C(=O)CC(N)=O)C(CN)C1.Cl. The first kappa shape index (κ1) is 15.2. The van der Waals surface area contributed by atoms with Crippen molar-refractivity contribution in [1.29, 1.82) is 0 Å². The third kappa shape index (κ3) is 3.98. The van der Waals surface area contributed by atoms with E-state index in [1.54, 1.807) is 4.90 Å². The number of rotatable bonds is 3. The van der Waals surface area contributed by atoms with E-state index in [4.69, 9.17) is 11.5 Å². The second-order valence-corrected chi connectivity index (χ2v) is 4.25. The first-order chi connectivity index (χ1) is 7.04. The van der Waals surface area contributed by atoms with Gasteiger partial charge in [0.1, 0.15) is 6.42 Å². The number of piperidine rings is 1. The van der Waals surface area contributed by atoms with Gasteiger partial charge in [-0.1, -0.05) is 6.92 Å². The molecule has 2 amide bonds. The fraction of sp³-hybridized carbons (Fsp3) is 0.800. The molecule has 16 heavy (non-hydrogen) atoms. The van der Waals surface area contributed by atoms with Crippen molar-refractivity contribution < 1.29 is 9.59 Å². The Hall–Kier alpha value is -0.810. The molecule has 0 aliphatic carbocycles. The second-order valence-electron chi connectivity index (χ2n) is 4.25. The predicted molar refractivity (Wildman–Crippen MR) is 64.0 cm³/mol. The van der Waals surface area contributed by atoms with Gasteiger partial charge in [0.25, 0.3) is 0 Å². The summed E-state index contributed by atoms with van der Waals surface area (Å²) >= 11 is 0. The van der Waals surface area contributed by atoms with Gasteiger partial charge < -0.3 is 16.4 Å². The molecule has 0 saturated carbocycles. The first-order valence-electron chi connectivity index (χ1n) is 5.32. The minimum Gasteiger partial charge on any atom is -0.369 e. The third-order valence-corrected chi connectivity index (χ3v) is 2.90. The predicted octanol–water partition coefficient (Wildman–Crippen LogP) is -0.131. The lowest BCUT2D eigenvalue weighted by molar-refractivity contribution is -0.138. The average molecular weight is 250 g/mol. The summed E-state index contributed by atoms with van der Waals surface area (Å²) in [5.74, 6) is -0.171. The minimum atomic E-state index is -0.575. The topological polar surface area (TPSA) is 89.4 Å². The molecule has 0 aromatic carbocycles. The summed E-state index contributed by atoms with van der Waals surface area (Å²) in [6.07, 6.45) is 1.69. The lowest BCUT2D eigenvalue weighted by Crippen LogP contribution is -2.50. The highest BCUT2D eigenvalue weighted by molar-refractivity contribution is 5.96. The van der Waals surface area contributed by atoms with Gasteiger partial charge in [0.2, 0.25) is 11.8 Å². The van der Waals surface area contributed by atoms with Gasteiger partial charge >= 0.3 is 0 Å². The number of likely N-dealkylation sites (tertiary alicyclic amines) is 1. The highest BCUT2D eigenvalue weighted by Crippen LogP contribution is 2.22. The van der Waals surface area contributed by atoms with E-state index < -0.39 is 5.91 Å². The Bertz CT molecular complexity index is 260. The summed E-state index contributed by atoms with van der Waals surface area (Å²) in [6.45, 7) is 3.29. The molecule has 0 radical (unpaired) electrons. The summed E-state index contributed by atoms with van der Waals surface area (Å²) in [7, 11) is 0. The van der Waals surface area contributed by atoms with Crippen LogP contribution in [0, 0.1) is 5.92 Å². The van der Waals surface area contributed by atoms with Crippen molar-refractivity contribution in [1.82, 2.24) is 4.90 Å². The molecule has 0 aromatic rings. The summed E-state index contributed by atoms with van der Waals surface area (Å²) in [6, 6.07) is 0.0700. The van der Waals surface area contributed by atoms with Crippen LogP contribution in [0.2, 0.25) is 0 Å². The van der Waals surface area contributed by atoms with Crippen LogP contribution in [0.1, 0.15) is 26.2 Å². The Morgan fingerprint density at radius 1 is 1.44 bits per heavy atom. The zero-order valence-corrected chi connectivity index (χ0v) is 10.3. The van der Waals surface area contributed by atoms with E-state index in [1.165, 1.54) is 0 Å². The fourth-order valence-electron chi connectivity index (χ4n) is 2.05. The molecular weight excluding hydrogens is 230 g/mol. The van der Waals surface area contributed by atoms with Gasteiger partial charge in [0.15, 0.2) is 0 Å². The molecule has 94 valence electrons.